The molecular weight excluding hydrogens is 223 g/mol. The van der Waals surface area contributed by atoms with Crippen LogP contribution in [0.15, 0.2) is 12.3 Å². The van der Waals surface area contributed by atoms with E-state index in [0.717, 1.165) is 25.1 Å². The molecule has 1 rings (SSSR count). The van der Waals surface area contributed by atoms with Crippen molar-refractivity contribution in [3.05, 3.63) is 23.6 Å². The quantitative estimate of drug-likeness (QED) is 0.830. The van der Waals surface area contributed by atoms with Crippen molar-refractivity contribution in [1.82, 2.24) is 4.98 Å². The third-order valence-electron chi connectivity index (χ3n) is 2.35. The number of carboxylic acid groups (broad SMARTS) is 1. The number of carboxylic acids is 1. The molecule has 1 N–H and O–H groups in total. The molecule has 0 aliphatic carbocycles. The van der Waals surface area contributed by atoms with Gasteiger partial charge in [0, 0.05) is 13.1 Å². The smallest absolute Gasteiger partial charge is 0.339 e. The van der Waals surface area contributed by atoms with Crippen LogP contribution in [0.3, 0.4) is 0 Å². The van der Waals surface area contributed by atoms with Crippen LogP contribution in [0.1, 0.15) is 37.0 Å². The third-order valence-corrected chi connectivity index (χ3v) is 2.35. The van der Waals surface area contributed by atoms with Crippen LogP contribution in [0.4, 0.5) is 10.2 Å². The molecular formula is C12H17FN2O2. The van der Waals surface area contributed by atoms with Crippen LogP contribution >= 0.6 is 0 Å². The Morgan fingerprint density at radius 3 is 2.47 bits per heavy atom. The summed E-state index contributed by atoms with van der Waals surface area (Å²) in [6, 6.07) is 1.02. The van der Waals surface area contributed by atoms with Crippen molar-refractivity contribution in [3.63, 3.8) is 0 Å². The average molecular weight is 240 g/mol. The molecule has 0 bridgehead atoms. The van der Waals surface area contributed by atoms with Crippen LogP contribution in [0, 0.1) is 5.82 Å². The molecule has 5 heteroatoms. The second-order valence-corrected chi connectivity index (χ2v) is 3.82. The molecule has 0 aliphatic heterocycles. The van der Waals surface area contributed by atoms with Gasteiger partial charge in [0.05, 0.1) is 6.20 Å². The normalized spacial score (nSPS) is 10.3. The van der Waals surface area contributed by atoms with E-state index in [1.807, 2.05) is 18.7 Å². The zero-order chi connectivity index (χ0) is 12.8. The van der Waals surface area contributed by atoms with Gasteiger partial charge in [-0.15, -0.1) is 0 Å². The molecule has 0 aliphatic rings. The maximum absolute atomic E-state index is 13.0. The van der Waals surface area contributed by atoms with Crippen molar-refractivity contribution < 1.29 is 14.3 Å². The van der Waals surface area contributed by atoms with Crippen LogP contribution in [0.2, 0.25) is 0 Å². The van der Waals surface area contributed by atoms with E-state index in [2.05, 4.69) is 4.98 Å². The van der Waals surface area contributed by atoms with Gasteiger partial charge >= 0.3 is 5.97 Å². The predicted octanol–water partition coefficient (Wildman–Crippen LogP) is 2.55. The van der Waals surface area contributed by atoms with Crippen LogP contribution in [-0.4, -0.2) is 29.1 Å². The molecule has 0 unspecified atom stereocenters. The van der Waals surface area contributed by atoms with Crippen LogP contribution in [0.25, 0.3) is 0 Å². The second-order valence-electron chi connectivity index (χ2n) is 3.82. The van der Waals surface area contributed by atoms with E-state index in [4.69, 9.17) is 5.11 Å². The lowest BCUT2D eigenvalue weighted by molar-refractivity contribution is 0.0696. The molecule has 0 atom stereocenters. The second kappa shape index (κ2) is 6.18. The van der Waals surface area contributed by atoms with E-state index in [1.165, 1.54) is 0 Å². The van der Waals surface area contributed by atoms with E-state index in [-0.39, 0.29) is 5.56 Å². The van der Waals surface area contributed by atoms with Crippen molar-refractivity contribution in [1.29, 1.82) is 0 Å². The highest BCUT2D eigenvalue weighted by Gasteiger charge is 2.17. The molecule has 94 valence electrons. The summed E-state index contributed by atoms with van der Waals surface area (Å²) in [5, 5.41) is 9.04. The monoisotopic (exact) mass is 240 g/mol. The average Bonchev–Trinajstić information content (AvgIpc) is 2.28. The lowest BCUT2D eigenvalue weighted by atomic mass is 10.2. The van der Waals surface area contributed by atoms with Gasteiger partial charge in [-0.2, -0.15) is 0 Å². The van der Waals surface area contributed by atoms with Crippen molar-refractivity contribution >= 4 is 11.8 Å². The van der Waals surface area contributed by atoms with Crippen molar-refractivity contribution in [2.75, 3.05) is 18.0 Å². The first-order chi connectivity index (χ1) is 8.10. The van der Waals surface area contributed by atoms with Gasteiger partial charge in [-0.25, -0.2) is 14.2 Å². The zero-order valence-corrected chi connectivity index (χ0v) is 10.1. The molecule has 0 saturated carbocycles. The molecule has 0 radical (unpaired) electrons. The number of hydrogen-bond donors (Lipinski definition) is 1. The highest BCUT2D eigenvalue weighted by Crippen LogP contribution is 2.19. The van der Waals surface area contributed by atoms with Gasteiger partial charge in [-0.1, -0.05) is 13.8 Å². The SMILES string of the molecule is CCCN(CCC)c1ncc(F)cc1C(=O)O. The van der Waals surface area contributed by atoms with Gasteiger partial charge in [0.1, 0.15) is 17.2 Å². The summed E-state index contributed by atoms with van der Waals surface area (Å²) in [5.41, 5.74) is -0.0769. The number of aromatic carboxylic acids is 1. The minimum atomic E-state index is -1.15. The molecule has 0 fully saturated rings. The third kappa shape index (κ3) is 3.41. The maximum Gasteiger partial charge on any atom is 0.339 e. The molecule has 0 saturated heterocycles. The van der Waals surface area contributed by atoms with Gasteiger partial charge in [-0.05, 0) is 18.9 Å². The van der Waals surface area contributed by atoms with Gasteiger partial charge in [0.2, 0.25) is 0 Å². The number of rotatable bonds is 6. The molecule has 0 spiro atoms. The Morgan fingerprint density at radius 1 is 1.41 bits per heavy atom. The Morgan fingerprint density at radius 2 is 2.00 bits per heavy atom. The number of halogens is 1. The van der Waals surface area contributed by atoms with Crippen molar-refractivity contribution in [2.24, 2.45) is 0 Å². The summed E-state index contributed by atoms with van der Waals surface area (Å²) >= 11 is 0. The Hall–Kier alpha value is -1.65. The van der Waals surface area contributed by atoms with Crippen LogP contribution in [0.5, 0.6) is 0 Å². The minimum absolute atomic E-state index is 0.0769. The Labute approximate surface area is 100 Å². The number of hydrogen-bond acceptors (Lipinski definition) is 3. The largest absolute Gasteiger partial charge is 0.478 e. The highest BCUT2D eigenvalue weighted by molar-refractivity contribution is 5.93. The standard InChI is InChI=1S/C12H17FN2O2/c1-3-5-15(6-4-2)11-10(12(16)17)7-9(13)8-14-11/h7-8H,3-6H2,1-2H3,(H,16,17). The van der Waals surface area contributed by atoms with E-state index in [1.54, 1.807) is 0 Å². The molecule has 0 aromatic carbocycles. The van der Waals surface area contributed by atoms with Gasteiger partial charge in [0.15, 0.2) is 0 Å². The predicted molar refractivity (Wildman–Crippen MR) is 63.9 cm³/mol. The molecule has 4 nitrogen and oxygen atoms in total. The molecule has 0 amide bonds. The highest BCUT2D eigenvalue weighted by atomic mass is 19.1. The molecule has 1 aromatic heterocycles. The number of pyridine rings is 1. The summed E-state index contributed by atoms with van der Waals surface area (Å²) in [6.45, 7) is 5.44. The first-order valence-electron chi connectivity index (χ1n) is 5.73. The van der Waals surface area contributed by atoms with Crippen molar-refractivity contribution in [3.8, 4) is 0 Å². The molecule has 1 aromatic rings. The van der Waals surface area contributed by atoms with Gasteiger partial charge in [0.25, 0.3) is 0 Å². The number of carbonyl (C=O) groups is 1. The van der Waals surface area contributed by atoms with Crippen LogP contribution < -0.4 is 4.90 Å². The summed E-state index contributed by atoms with van der Waals surface area (Å²) in [6.07, 6.45) is 2.83. The first kappa shape index (κ1) is 13.4. The fourth-order valence-corrected chi connectivity index (χ4v) is 1.70. The fraction of sp³-hybridized carbons (Fsp3) is 0.500. The summed E-state index contributed by atoms with van der Waals surface area (Å²) < 4.78 is 13.0. The van der Waals surface area contributed by atoms with Gasteiger partial charge < -0.3 is 10.0 Å². The first-order valence-corrected chi connectivity index (χ1v) is 5.73. The van der Waals surface area contributed by atoms with E-state index < -0.39 is 11.8 Å². The van der Waals surface area contributed by atoms with Gasteiger partial charge in [-0.3, -0.25) is 0 Å². The maximum atomic E-state index is 13.0. The lowest BCUT2D eigenvalue weighted by Gasteiger charge is -2.23. The summed E-state index contributed by atoms with van der Waals surface area (Å²) in [4.78, 5) is 16.8. The van der Waals surface area contributed by atoms with Crippen molar-refractivity contribution in [2.45, 2.75) is 26.7 Å². The fourth-order valence-electron chi connectivity index (χ4n) is 1.70. The van der Waals surface area contributed by atoms with E-state index >= 15 is 0 Å². The minimum Gasteiger partial charge on any atom is -0.478 e. The number of anilines is 1. The number of nitrogens with zero attached hydrogens (tertiary/aromatic N) is 2. The Kier molecular flexibility index (Phi) is 4.87. The Bertz CT molecular complexity index is 390. The molecule has 17 heavy (non-hydrogen) atoms. The summed E-state index contributed by atoms with van der Waals surface area (Å²) in [7, 11) is 0. The molecule has 1 heterocycles. The van der Waals surface area contributed by atoms with E-state index in [9.17, 15) is 9.18 Å². The Balaban J connectivity index is 3.12. The topological polar surface area (TPSA) is 53.4 Å². The van der Waals surface area contributed by atoms with Crippen LogP contribution in [-0.2, 0) is 0 Å². The van der Waals surface area contributed by atoms with E-state index in [0.29, 0.717) is 18.9 Å². The lowest BCUT2D eigenvalue weighted by Crippen LogP contribution is -2.28. The zero-order valence-electron chi connectivity index (χ0n) is 10.1. The number of aromatic nitrogens is 1. The summed E-state index contributed by atoms with van der Waals surface area (Å²) in [5.74, 6) is -1.43.